The molecule has 0 saturated carbocycles. The van der Waals surface area contributed by atoms with Crippen LogP contribution < -0.4 is 5.32 Å². The van der Waals surface area contributed by atoms with Crippen LogP contribution in [0.3, 0.4) is 0 Å². The molecule has 3 rings (SSSR count). The van der Waals surface area contributed by atoms with Gasteiger partial charge in [-0.2, -0.15) is 0 Å². The molecule has 1 aromatic carbocycles. The first-order chi connectivity index (χ1) is 8.79. The summed E-state index contributed by atoms with van der Waals surface area (Å²) in [5.74, 6) is 2.30. The van der Waals surface area contributed by atoms with Crippen molar-refractivity contribution in [3.05, 3.63) is 35.0 Å². The molecule has 1 aromatic heterocycles. The molecular formula is C15H18ClNO. The van der Waals surface area contributed by atoms with Crippen molar-refractivity contribution in [2.75, 3.05) is 13.1 Å². The van der Waals surface area contributed by atoms with E-state index in [1.807, 2.05) is 12.1 Å². The van der Waals surface area contributed by atoms with Crippen molar-refractivity contribution in [3.8, 4) is 0 Å². The first-order valence-electron chi connectivity index (χ1n) is 6.68. The molecule has 1 fully saturated rings. The third-order valence-electron chi connectivity index (χ3n) is 4.01. The Morgan fingerprint density at radius 1 is 1.44 bits per heavy atom. The zero-order valence-electron chi connectivity index (χ0n) is 10.6. The van der Waals surface area contributed by atoms with E-state index in [2.05, 4.69) is 24.4 Å². The molecule has 1 aliphatic rings. The fourth-order valence-electron chi connectivity index (χ4n) is 2.96. The summed E-state index contributed by atoms with van der Waals surface area (Å²) in [6.07, 6.45) is 2.33. The Morgan fingerprint density at radius 2 is 2.33 bits per heavy atom. The van der Waals surface area contributed by atoms with Crippen molar-refractivity contribution in [3.63, 3.8) is 0 Å². The van der Waals surface area contributed by atoms with Gasteiger partial charge in [0.2, 0.25) is 0 Å². The highest BCUT2D eigenvalue weighted by molar-refractivity contribution is 6.34. The fourth-order valence-corrected chi connectivity index (χ4v) is 3.18. The van der Waals surface area contributed by atoms with Gasteiger partial charge >= 0.3 is 0 Å². The second-order valence-corrected chi connectivity index (χ2v) is 5.48. The van der Waals surface area contributed by atoms with Gasteiger partial charge in [0.15, 0.2) is 5.58 Å². The van der Waals surface area contributed by atoms with E-state index < -0.39 is 0 Å². The Balaban J connectivity index is 2.00. The molecule has 3 heteroatoms. The van der Waals surface area contributed by atoms with Crippen LogP contribution in [-0.2, 0) is 0 Å². The van der Waals surface area contributed by atoms with E-state index in [9.17, 15) is 0 Å². The lowest BCUT2D eigenvalue weighted by molar-refractivity contribution is 0.286. The van der Waals surface area contributed by atoms with Crippen molar-refractivity contribution in [1.82, 2.24) is 5.32 Å². The molecule has 2 unspecified atom stereocenters. The quantitative estimate of drug-likeness (QED) is 0.879. The number of hydrogen-bond acceptors (Lipinski definition) is 2. The topological polar surface area (TPSA) is 25.2 Å². The minimum atomic E-state index is 0.528. The molecule has 1 saturated heterocycles. The maximum absolute atomic E-state index is 6.17. The summed E-state index contributed by atoms with van der Waals surface area (Å²) in [5.41, 5.74) is 0.836. The first-order valence-corrected chi connectivity index (χ1v) is 7.06. The van der Waals surface area contributed by atoms with Crippen LogP contribution in [0.5, 0.6) is 0 Å². The first kappa shape index (κ1) is 12.1. The minimum absolute atomic E-state index is 0.528. The predicted octanol–water partition coefficient (Wildman–Crippen LogP) is 4.19. The van der Waals surface area contributed by atoms with Gasteiger partial charge in [-0.15, -0.1) is 0 Å². The van der Waals surface area contributed by atoms with E-state index in [0.29, 0.717) is 16.9 Å². The van der Waals surface area contributed by atoms with Gasteiger partial charge in [0.05, 0.1) is 5.02 Å². The average molecular weight is 264 g/mol. The smallest absolute Gasteiger partial charge is 0.152 e. The molecular weight excluding hydrogens is 246 g/mol. The van der Waals surface area contributed by atoms with E-state index in [4.69, 9.17) is 16.0 Å². The maximum atomic E-state index is 6.17. The number of hydrogen-bond donors (Lipinski definition) is 1. The second kappa shape index (κ2) is 4.94. The van der Waals surface area contributed by atoms with Crippen molar-refractivity contribution < 1.29 is 4.42 Å². The molecule has 2 nitrogen and oxygen atoms in total. The van der Waals surface area contributed by atoms with E-state index >= 15 is 0 Å². The second-order valence-electron chi connectivity index (χ2n) is 5.07. The number of piperidine rings is 1. The minimum Gasteiger partial charge on any atom is -0.459 e. The molecule has 2 atom stereocenters. The van der Waals surface area contributed by atoms with Crippen LogP contribution in [0.15, 0.2) is 28.7 Å². The fraction of sp³-hybridized carbons (Fsp3) is 0.467. The van der Waals surface area contributed by atoms with Gasteiger partial charge in [0.25, 0.3) is 0 Å². The van der Waals surface area contributed by atoms with Crippen molar-refractivity contribution in [2.24, 2.45) is 5.92 Å². The molecule has 0 aliphatic carbocycles. The van der Waals surface area contributed by atoms with Gasteiger partial charge in [-0.1, -0.05) is 37.1 Å². The zero-order chi connectivity index (χ0) is 12.5. The number of para-hydroxylation sites is 1. The summed E-state index contributed by atoms with van der Waals surface area (Å²) in [6.45, 7) is 4.41. The lowest BCUT2D eigenvalue weighted by Crippen LogP contribution is -2.34. The van der Waals surface area contributed by atoms with Crippen LogP contribution in [-0.4, -0.2) is 13.1 Å². The van der Waals surface area contributed by atoms with E-state index in [0.717, 1.165) is 36.2 Å². The molecule has 96 valence electrons. The Kier molecular flexibility index (Phi) is 3.31. The Hall–Kier alpha value is -0.990. The summed E-state index contributed by atoms with van der Waals surface area (Å²) in [7, 11) is 0. The van der Waals surface area contributed by atoms with Gasteiger partial charge in [-0.05, 0) is 37.6 Å². The number of halogens is 1. The third kappa shape index (κ3) is 2.04. The van der Waals surface area contributed by atoms with Crippen LogP contribution in [0.25, 0.3) is 11.0 Å². The number of benzene rings is 1. The molecule has 18 heavy (non-hydrogen) atoms. The highest BCUT2D eigenvalue weighted by atomic mass is 35.5. The molecule has 0 radical (unpaired) electrons. The molecule has 2 aromatic rings. The number of furan rings is 1. The molecule has 0 bridgehead atoms. The highest BCUT2D eigenvalue weighted by Gasteiger charge is 2.27. The summed E-state index contributed by atoms with van der Waals surface area (Å²) in [6, 6.07) is 8.09. The normalized spacial score (nSPS) is 24.6. The monoisotopic (exact) mass is 263 g/mol. The molecule has 0 amide bonds. The van der Waals surface area contributed by atoms with Crippen LogP contribution in [0, 0.1) is 5.92 Å². The summed E-state index contributed by atoms with van der Waals surface area (Å²) in [4.78, 5) is 0. The maximum Gasteiger partial charge on any atom is 0.152 e. The summed E-state index contributed by atoms with van der Waals surface area (Å²) >= 11 is 6.17. The lowest BCUT2D eigenvalue weighted by atomic mass is 9.83. The number of fused-ring (bicyclic) bond motifs is 1. The van der Waals surface area contributed by atoms with Crippen molar-refractivity contribution in [2.45, 2.75) is 25.7 Å². The predicted molar refractivity (Wildman–Crippen MR) is 75.2 cm³/mol. The van der Waals surface area contributed by atoms with Gasteiger partial charge in [0.1, 0.15) is 5.76 Å². The summed E-state index contributed by atoms with van der Waals surface area (Å²) < 4.78 is 6.01. The molecule has 1 aliphatic heterocycles. The standard InChI is InChI=1S/C15H18ClNO/c1-2-10-9-17-7-6-12(10)14-8-11-4-3-5-13(16)15(11)18-14/h3-5,8,10,12,17H,2,6-7,9H2,1H3. The van der Waals surface area contributed by atoms with E-state index in [1.165, 1.54) is 6.42 Å². The van der Waals surface area contributed by atoms with Crippen LogP contribution in [0.4, 0.5) is 0 Å². The number of rotatable bonds is 2. The van der Waals surface area contributed by atoms with Crippen LogP contribution in [0.2, 0.25) is 5.02 Å². The zero-order valence-corrected chi connectivity index (χ0v) is 11.3. The van der Waals surface area contributed by atoms with Gasteiger partial charge in [0, 0.05) is 11.3 Å². The largest absolute Gasteiger partial charge is 0.459 e. The van der Waals surface area contributed by atoms with Crippen molar-refractivity contribution in [1.29, 1.82) is 0 Å². The van der Waals surface area contributed by atoms with Crippen LogP contribution in [0.1, 0.15) is 31.4 Å². The van der Waals surface area contributed by atoms with Gasteiger partial charge < -0.3 is 9.73 Å². The Labute approximate surface area is 112 Å². The van der Waals surface area contributed by atoms with Gasteiger partial charge in [-0.25, -0.2) is 0 Å². The average Bonchev–Trinajstić information content (AvgIpc) is 2.84. The van der Waals surface area contributed by atoms with E-state index in [-0.39, 0.29) is 0 Å². The number of nitrogens with one attached hydrogen (secondary N) is 1. The SMILES string of the molecule is CCC1CNCCC1c1cc2cccc(Cl)c2o1. The Morgan fingerprint density at radius 3 is 3.11 bits per heavy atom. The Bertz CT molecular complexity index is 548. The molecule has 0 spiro atoms. The summed E-state index contributed by atoms with van der Waals surface area (Å²) in [5, 5.41) is 5.29. The lowest BCUT2D eigenvalue weighted by Gasteiger charge is -2.29. The molecule has 1 N–H and O–H groups in total. The highest BCUT2D eigenvalue weighted by Crippen LogP contribution is 2.37. The van der Waals surface area contributed by atoms with Gasteiger partial charge in [-0.3, -0.25) is 0 Å². The van der Waals surface area contributed by atoms with Crippen molar-refractivity contribution >= 4 is 22.6 Å². The van der Waals surface area contributed by atoms with Crippen LogP contribution >= 0.6 is 11.6 Å². The third-order valence-corrected chi connectivity index (χ3v) is 4.31. The molecule has 2 heterocycles. The van der Waals surface area contributed by atoms with E-state index in [1.54, 1.807) is 0 Å².